The molecule has 522 valence electrons. The first-order valence-corrected chi connectivity index (χ1v) is 34.3. The van der Waals surface area contributed by atoms with Crippen LogP contribution in [0.25, 0.3) is 67.5 Å². The van der Waals surface area contributed by atoms with Gasteiger partial charge in [-0.1, -0.05) is 200 Å². The van der Waals surface area contributed by atoms with Crippen molar-refractivity contribution < 1.29 is 40.2 Å². The van der Waals surface area contributed by atoms with Crippen molar-refractivity contribution >= 4 is 0 Å². The number of rotatable bonds is 6. The van der Waals surface area contributed by atoms with Crippen LogP contribution in [-0.2, 0) is 72.7 Å². The average Bonchev–Trinajstić information content (AvgIpc) is 0.848. The molecule has 6 aromatic carbocycles. The summed E-state index contributed by atoms with van der Waals surface area (Å²) in [6, 6.07) is 87.6. The zero-order chi connectivity index (χ0) is 72.2. The Labute approximate surface area is 634 Å². The van der Waals surface area contributed by atoms with Gasteiger partial charge in [0.1, 0.15) is 0 Å². The van der Waals surface area contributed by atoms with Crippen LogP contribution in [0.1, 0.15) is 175 Å². The molecule has 0 atom stereocenters. The molecule has 0 amide bonds. The van der Waals surface area contributed by atoms with Crippen molar-refractivity contribution in [1.82, 2.24) is 29.9 Å². The molecule has 0 radical (unpaired) electrons. The van der Waals surface area contributed by atoms with E-state index in [-0.39, 0.29) is 72.7 Å². The van der Waals surface area contributed by atoms with Crippen molar-refractivity contribution in [2.75, 3.05) is 0 Å². The molecular formula is C93H102Ir2N6. The van der Waals surface area contributed by atoms with Crippen LogP contribution in [0.2, 0.25) is 0 Å². The monoisotopic (exact) mass is 1690 g/mol. The summed E-state index contributed by atoms with van der Waals surface area (Å²) < 4.78 is 0. The van der Waals surface area contributed by atoms with E-state index in [0.29, 0.717) is 0 Å². The Bertz CT molecular complexity index is 3900. The Hall–Kier alpha value is -8.48. The summed E-state index contributed by atoms with van der Waals surface area (Å²) in [4.78, 5) is 26.2. The Kier molecular flexibility index (Phi) is 30.8. The van der Waals surface area contributed by atoms with Gasteiger partial charge in [-0.15, -0.1) is 212 Å². The summed E-state index contributed by atoms with van der Waals surface area (Å²) >= 11 is 0. The van der Waals surface area contributed by atoms with Crippen LogP contribution >= 0.6 is 0 Å². The molecule has 0 bridgehead atoms. The summed E-state index contributed by atoms with van der Waals surface area (Å²) in [5, 5.41) is 0. The summed E-state index contributed by atoms with van der Waals surface area (Å²) in [5.74, 6) is 0. The fourth-order valence-electron chi connectivity index (χ4n) is 9.84. The van der Waals surface area contributed by atoms with Crippen molar-refractivity contribution in [3.8, 4) is 67.5 Å². The van der Waals surface area contributed by atoms with E-state index in [1.807, 2.05) is 91.4 Å². The van der Waals surface area contributed by atoms with E-state index in [9.17, 15) is 0 Å². The largest absolute Gasteiger partial charge is 3.00 e. The van der Waals surface area contributed by atoms with Gasteiger partial charge < -0.3 is 29.9 Å². The van der Waals surface area contributed by atoms with E-state index in [4.69, 9.17) is 0 Å². The SMILES string of the molecule is CC(C)(C)c1c[c-]c(-c2ccccn2)cc1.CC(C)(C)c1c[c-]c(-c2ccccn2)cc1.CC(C)(C)c1c[c-]c(-c2ccccn2)cc1.Cc1c[c-]c(-c2cc(C(C)(C)C)ccn2)cc1.Cc1c[c-]c(-c2cc(C(C)(C)C)ccn2)cc1.Cc1c[c-]c(-c2cc(C(C)(C)C)ccn2)cc1.[Ir+3].[Ir+3]. The molecule has 12 rings (SSSR count). The maximum Gasteiger partial charge on any atom is 3.00 e. The fraction of sp³-hybridized carbons (Fsp3) is 0.290. The first-order valence-electron chi connectivity index (χ1n) is 34.3. The molecule has 0 N–H and O–H groups in total. The molecule has 0 spiro atoms. The van der Waals surface area contributed by atoms with Crippen LogP contribution < -0.4 is 0 Å². The number of aromatic nitrogens is 6. The molecule has 8 heteroatoms. The number of nitrogens with zero attached hydrogens (tertiary/aromatic N) is 6. The van der Waals surface area contributed by atoms with Crippen LogP contribution in [0, 0.1) is 57.2 Å². The van der Waals surface area contributed by atoms with E-state index in [2.05, 4.69) is 339 Å². The van der Waals surface area contributed by atoms with Crippen molar-refractivity contribution in [2.24, 2.45) is 0 Å². The van der Waals surface area contributed by atoms with E-state index < -0.39 is 0 Å². The van der Waals surface area contributed by atoms with Crippen molar-refractivity contribution in [3.05, 3.63) is 324 Å². The van der Waals surface area contributed by atoms with Gasteiger partial charge in [0.15, 0.2) is 0 Å². The normalized spacial score (nSPS) is 11.3. The first kappa shape index (κ1) is 83.2. The smallest absolute Gasteiger partial charge is 0.305 e. The molecule has 0 fully saturated rings. The van der Waals surface area contributed by atoms with Crippen molar-refractivity contribution in [2.45, 2.75) is 178 Å². The maximum atomic E-state index is 4.42. The number of aryl methyl sites for hydroxylation is 3. The molecule has 0 aliphatic heterocycles. The molecule has 0 unspecified atom stereocenters. The molecule has 0 saturated heterocycles. The van der Waals surface area contributed by atoms with Gasteiger partial charge in [-0.2, -0.15) is 0 Å². The summed E-state index contributed by atoms with van der Waals surface area (Å²) in [6.45, 7) is 46.0. The second-order valence-corrected chi connectivity index (χ2v) is 31.2. The summed E-state index contributed by atoms with van der Waals surface area (Å²) in [7, 11) is 0. The van der Waals surface area contributed by atoms with Gasteiger partial charge in [-0.3, -0.25) is 0 Å². The quantitative estimate of drug-likeness (QED) is 0.154. The molecular weight excluding hydrogens is 1590 g/mol. The van der Waals surface area contributed by atoms with Crippen LogP contribution in [0.15, 0.2) is 237 Å². The second kappa shape index (κ2) is 37.4. The van der Waals surface area contributed by atoms with E-state index in [1.165, 1.54) is 50.1 Å². The number of hydrogen-bond donors (Lipinski definition) is 0. The minimum atomic E-state index is 0. The molecule has 6 nitrogen and oxygen atoms in total. The van der Waals surface area contributed by atoms with Gasteiger partial charge in [0, 0.05) is 37.2 Å². The maximum absolute atomic E-state index is 4.42. The molecule has 6 heterocycles. The fourth-order valence-corrected chi connectivity index (χ4v) is 9.84. The summed E-state index contributed by atoms with van der Waals surface area (Å²) in [6.07, 6.45) is 11.1. The predicted octanol–water partition coefficient (Wildman–Crippen LogP) is 24.0. The van der Waals surface area contributed by atoms with Gasteiger partial charge in [-0.05, 0) is 120 Å². The third-order valence-corrected chi connectivity index (χ3v) is 16.5. The first-order chi connectivity index (χ1) is 46.6. The molecule has 0 saturated carbocycles. The van der Waals surface area contributed by atoms with E-state index in [0.717, 1.165) is 67.5 Å². The van der Waals surface area contributed by atoms with Crippen molar-refractivity contribution in [3.63, 3.8) is 0 Å². The molecule has 6 aromatic heterocycles. The Morgan fingerprint density at radius 3 is 0.594 bits per heavy atom. The minimum absolute atomic E-state index is 0. The number of pyridine rings is 6. The molecule has 0 aliphatic carbocycles. The number of benzene rings is 6. The van der Waals surface area contributed by atoms with Gasteiger partial charge in [0.2, 0.25) is 0 Å². The van der Waals surface area contributed by atoms with Gasteiger partial charge in [-0.25, -0.2) is 0 Å². The van der Waals surface area contributed by atoms with Crippen LogP contribution in [0.3, 0.4) is 0 Å². The zero-order valence-corrected chi connectivity index (χ0v) is 68.2. The van der Waals surface area contributed by atoms with Crippen molar-refractivity contribution in [1.29, 1.82) is 0 Å². The molecule has 12 aromatic rings. The minimum Gasteiger partial charge on any atom is -0.305 e. The predicted molar refractivity (Wildman–Crippen MR) is 417 cm³/mol. The second-order valence-electron chi connectivity index (χ2n) is 31.2. The van der Waals surface area contributed by atoms with E-state index >= 15 is 0 Å². The van der Waals surface area contributed by atoms with Gasteiger partial charge >= 0.3 is 40.2 Å². The topological polar surface area (TPSA) is 77.3 Å². The third kappa shape index (κ3) is 26.8. The standard InChI is InChI=1S/3C16H18N.3C15H16N.2Ir/c3*1-12-5-7-13(8-6-12)15-11-14(9-10-17-15)16(2,3)4;3*1-15(2,3)13-9-7-12(8-10-13)14-6-4-5-11-16-14;;/h3*5-7,9-11H,1-4H3;3*4-7,9-11H,1-3H3;;/q6*-1;2*+3. The van der Waals surface area contributed by atoms with E-state index in [1.54, 1.807) is 18.6 Å². The van der Waals surface area contributed by atoms with Crippen LogP contribution in [0.5, 0.6) is 0 Å². The Morgan fingerprint density at radius 2 is 0.416 bits per heavy atom. The molecule has 101 heavy (non-hydrogen) atoms. The Balaban J connectivity index is 0.000000217. The Morgan fingerprint density at radius 1 is 0.208 bits per heavy atom. The van der Waals surface area contributed by atoms with Crippen LogP contribution in [-0.4, -0.2) is 29.9 Å². The van der Waals surface area contributed by atoms with Gasteiger partial charge in [0.05, 0.1) is 0 Å². The third-order valence-electron chi connectivity index (χ3n) is 16.5. The molecule has 0 aliphatic rings. The summed E-state index contributed by atoms with van der Waals surface area (Å²) in [5.41, 5.74) is 24.7. The van der Waals surface area contributed by atoms with Crippen LogP contribution in [0.4, 0.5) is 0 Å². The average molecular weight is 1690 g/mol. The zero-order valence-electron chi connectivity index (χ0n) is 63.4. The number of hydrogen-bond acceptors (Lipinski definition) is 6. The van der Waals surface area contributed by atoms with Gasteiger partial charge in [0.25, 0.3) is 0 Å².